The third-order valence-electron chi connectivity index (χ3n) is 4.32. The number of rotatable bonds is 6. The molecule has 0 spiro atoms. The second-order valence-electron chi connectivity index (χ2n) is 6.08. The smallest absolute Gasteiger partial charge is 0.226 e. The number of aromatic nitrogens is 1. The number of Topliss-reactive ketones (excluding diaryl/α,β-unsaturated/α-hetero) is 1. The number of carbonyl (C=O) groups excluding carboxylic acids is 2. The molecule has 0 atom stereocenters. The van der Waals surface area contributed by atoms with Crippen molar-refractivity contribution in [3.8, 4) is 11.1 Å². The zero-order valence-corrected chi connectivity index (χ0v) is 15.1. The predicted molar refractivity (Wildman–Crippen MR) is 100 cm³/mol. The lowest BCUT2D eigenvalue weighted by Crippen LogP contribution is -2.25. The van der Waals surface area contributed by atoms with Crippen molar-refractivity contribution in [3.63, 3.8) is 0 Å². The number of anilines is 1. The molecule has 0 unspecified atom stereocenters. The van der Waals surface area contributed by atoms with Crippen molar-refractivity contribution < 1.29 is 18.4 Å². The molecule has 0 aliphatic carbocycles. The summed E-state index contributed by atoms with van der Waals surface area (Å²) in [7, 11) is 1.55. The number of hydrogen-bond acceptors (Lipinski definition) is 4. The molecule has 27 heavy (non-hydrogen) atoms. The van der Waals surface area contributed by atoms with E-state index in [1.54, 1.807) is 50.4 Å². The molecule has 6 heteroatoms. The van der Waals surface area contributed by atoms with Gasteiger partial charge in [0, 0.05) is 19.0 Å². The van der Waals surface area contributed by atoms with Gasteiger partial charge in [0.25, 0.3) is 0 Å². The molecule has 1 amide bonds. The molecule has 3 aromatic rings. The van der Waals surface area contributed by atoms with Crippen LogP contribution in [-0.2, 0) is 11.2 Å². The van der Waals surface area contributed by atoms with Crippen molar-refractivity contribution in [2.45, 2.75) is 19.8 Å². The first-order valence-corrected chi connectivity index (χ1v) is 8.57. The van der Waals surface area contributed by atoms with Gasteiger partial charge in [-0.25, -0.2) is 9.37 Å². The minimum Gasteiger partial charge on any atom is -0.449 e. The number of oxazole rings is 1. The Kier molecular flexibility index (Phi) is 5.45. The van der Waals surface area contributed by atoms with Crippen LogP contribution in [-0.4, -0.2) is 23.7 Å². The number of ketones is 1. The van der Waals surface area contributed by atoms with E-state index in [0.29, 0.717) is 23.4 Å². The van der Waals surface area contributed by atoms with Crippen LogP contribution in [0.15, 0.2) is 59.3 Å². The standard InChI is InChI=1S/C21H19FN2O3/c1-3-21(26)24(2)18-9-8-16(12-17(18)22)14-4-6-15(7-5-14)19(25)13-20-23-10-11-27-20/h4-12H,3,13H2,1-2H3. The molecule has 5 nitrogen and oxygen atoms in total. The molecule has 0 aliphatic rings. The Morgan fingerprint density at radius 2 is 1.81 bits per heavy atom. The Morgan fingerprint density at radius 3 is 2.41 bits per heavy atom. The van der Waals surface area contributed by atoms with Gasteiger partial charge in [-0.3, -0.25) is 9.59 Å². The van der Waals surface area contributed by atoms with Crippen molar-refractivity contribution >= 4 is 17.4 Å². The highest BCUT2D eigenvalue weighted by atomic mass is 19.1. The topological polar surface area (TPSA) is 63.4 Å². The fraction of sp³-hybridized carbons (Fsp3) is 0.190. The maximum Gasteiger partial charge on any atom is 0.226 e. The first kappa shape index (κ1) is 18.5. The second-order valence-corrected chi connectivity index (χ2v) is 6.08. The van der Waals surface area contributed by atoms with Gasteiger partial charge in [0.2, 0.25) is 11.8 Å². The van der Waals surface area contributed by atoms with Crippen LogP contribution in [0, 0.1) is 5.82 Å². The average Bonchev–Trinajstić information content (AvgIpc) is 3.19. The van der Waals surface area contributed by atoms with Crippen LogP contribution in [0.3, 0.4) is 0 Å². The number of benzene rings is 2. The van der Waals surface area contributed by atoms with Crippen LogP contribution in [0.1, 0.15) is 29.6 Å². The van der Waals surface area contributed by atoms with Gasteiger partial charge in [0.15, 0.2) is 5.78 Å². The zero-order valence-electron chi connectivity index (χ0n) is 15.1. The quantitative estimate of drug-likeness (QED) is 0.611. The summed E-state index contributed by atoms with van der Waals surface area (Å²) in [5.41, 5.74) is 2.21. The summed E-state index contributed by atoms with van der Waals surface area (Å²) in [6, 6.07) is 11.6. The van der Waals surface area contributed by atoms with E-state index in [1.165, 1.54) is 23.4 Å². The average molecular weight is 366 g/mol. The van der Waals surface area contributed by atoms with E-state index in [-0.39, 0.29) is 23.8 Å². The largest absolute Gasteiger partial charge is 0.449 e. The Hall–Kier alpha value is -3.28. The summed E-state index contributed by atoms with van der Waals surface area (Å²) in [4.78, 5) is 29.2. The number of amides is 1. The van der Waals surface area contributed by atoms with Crippen LogP contribution in [0.4, 0.5) is 10.1 Å². The molecule has 0 fully saturated rings. The lowest BCUT2D eigenvalue weighted by atomic mass is 10.0. The predicted octanol–water partition coefficient (Wildman–Crippen LogP) is 4.28. The Balaban J connectivity index is 1.78. The van der Waals surface area contributed by atoms with Gasteiger partial charge in [-0.15, -0.1) is 0 Å². The van der Waals surface area contributed by atoms with Crippen LogP contribution >= 0.6 is 0 Å². The van der Waals surface area contributed by atoms with Gasteiger partial charge in [-0.1, -0.05) is 37.3 Å². The lowest BCUT2D eigenvalue weighted by Gasteiger charge is -2.17. The van der Waals surface area contributed by atoms with E-state index in [1.807, 2.05) is 0 Å². The van der Waals surface area contributed by atoms with Crippen LogP contribution in [0.5, 0.6) is 0 Å². The van der Waals surface area contributed by atoms with Gasteiger partial charge in [-0.05, 0) is 23.3 Å². The molecule has 0 bridgehead atoms. The minimum absolute atomic E-state index is 0.0907. The van der Waals surface area contributed by atoms with Crippen molar-refractivity contribution in [2.75, 3.05) is 11.9 Å². The van der Waals surface area contributed by atoms with Crippen molar-refractivity contribution in [1.82, 2.24) is 4.98 Å². The third kappa shape index (κ3) is 4.11. The second kappa shape index (κ2) is 7.95. The molecule has 138 valence electrons. The minimum atomic E-state index is -0.471. The summed E-state index contributed by atoms with van der Waals surface area (Å²) in [5, 5.41) is 0. The van der Waals surface area contributed by atoms with Crippen LogP contribution in [0.2, 0.25) is 0 Å². The van der Waals surface area contributed by atoms with Gasteiger partial charge in [0.1, 0.15) is 12.1 Å². The molecular formula is C21H19FN2O3. The zero-order chi connectivity index (χ0) is 19.4. The molecule has 1 heterocycles. The molecule has 1 aromatic heterocycles. The molecule has 0 saturated heterocycles. The van der Waals surface area contributed by atoms with E-state index in [4.69, 9.17) is 4.42 Å². The summed E-state index contributed by atoms with van der Waals surface area (Å²) >= 11 is 0. The normalized spacial score (nSPS) is 10.6. The Labute approximate surface area is 156 Å². The lowest BCUT2D eigenvalue weighted by molar-refractivity contribution is -0.118. The van der Waals surface area contributed by atoms with E-state index in [9.17, 15) is 14.0 Å². The van der Waals surface area contributed by atoms with E-state index in [2.05, 4.69) is 4.98 Å². The maximum absolute atomic E-state index is 14.4. The van der Waals surface area contributed by atoms with E-state index < -0.39 is 5.82 Å². The molecular weight excluding hydrogens is 347 g/mol. The molecule has 0 N–H and O–H groups in total. The third-order valence-corrected chi connectivity index (χ3v) is 4.32. The summed E-state index contributed by atoms with van der Waals surface area (Å²) in [6.45, 7) is 1.73. The van der Waals surface area contributed by atoms with Crippen molar-refractivity contribution in [2.24, 2.45) is 0 Å². The van der Waals surface area contributed by atoms with Gasteiger partial charge in [-0.2, -0.15) is 0 Å². The van der Waals surface area contributed by atoms with E-state index in [0.717, 1.165) is 5.56 Å². The number of carbonyl (C=O) groups is 2. The summed E-state index contributed by atoms with van der Waals surface area (Å²) in [5.74, 6) is -0.367. The van der Waals surface area contributed by atoms with Gasteiger partial charge >= 0.3 is 0 Å². The molecule has 2 aromatic carbocycles. The van der Waals surface area contributed by atoms with E-state index >= 15 is 0 Å². The summed E-state index contributed by atoms with van der Waals surface area (Å²) in [6.07, 6.45) is 3.32. The van der Waals surface area contributed by atoms with Crippen LogP contribution < -0.4 is 4.90 Å². The first-order chi connectivity index (χ1) is 13.0. The molecule has 0 radical (unpaired) electrons. The first-order valence-electron chi connectivity index (χ1n) is 8.57. The Morgan fingerprint density at radius 1 is 1.11 bits per heavy atom. The highest BCUT2D eigenvalue weighted by Gasteiger charge is 2.15. The molecule has 0 saturated carbocycles. The highest BCUT2D eigenvalue weighted by Crippen LogP contribution is 2.27. The fourth-order valence-corrected chi connectivity index (χ4v) is 2.76. The molecule has 0 aliphatic heterocycles. The van der Waals surface area contributed by atoms with Crippen molar-refractivity contribution in [1.29, 1.82) is 0 Å². The fourth-order valence-electron chi connectivity index (χ4n) is 2.76. The number of hydrogen-bond donors (Lipinski definition) is 0. The maximum atomic E-state index is 14.4. The Bertz CT molecular complexity index is 950. The van der Waals surface area contributed by atoms with Crippen molar-refractivity contribution in [3.05, 3.63) is 72.2 Å². The van der Waals surface area contributed by atoms with Crippen LogP contribution in [0.25, 0.3) is 11.1 Å². The monoisotopic (exact) mass is 366 g/mol. The molecule has 3 rings (SSSR count). The summed E-state index contributed by atoms with van der Waals surface area (Å²) < 4.78 is 19.5. The number of nitrogens with zero attached hydrogens (tertiary/aromatic N) is 2. The number of halogens is 1. The SMILES string of the molecule is CCC(=O)N(C)c1ccc(-c2ccc(C(=O)Cc3ncco3)cc2)cc1F. The van der Waals surface area contributed by atoms with Gasteiger partial charge < -0.3 is 9.32 Å². The van der Waals surface area contributed by atoms with Gasteiger partial charge in [0.05, 0.1) is 18.3 Å². The highest BCUT2D eigenvalue weighted by molar-refractivity contribution is 5.97.